The Hall–Kier alpha value is -2.37. The van der Waals surface area contributed by atoms with Gasteiger partial charge in [0.25, 0.3) is 0 Å². The van der Waals surface area contributed by atoms with Crippen molar-refractivity contribution in [2.75, 3.05) is 13.1 Å². The zero-order chi connectivity index (χ0) is 17.0. The minimum atomic E-state index is -0.883. The van der Waals surface area contributed by atoms with Gasteiger partial charge in [0, 0.05) is 20.0 Å². The molecule has 1 aromatic carbocycles. The fourth-order valence-corrected chi connectivity index (χ4v) is 2.84. The largest absolute Gasteiger partial charge is 0.481 e. The lowest BCUT2D eigenvalue weighted by Gasteiger charge is -2.23. The molecule has 6 nitrogen and oxygen atoms in total. The number of benzene rings is 1. The summed E-state index contributed by atoms with van der Waals surface area (Å²) in [6, 6.07) is 8.89. The maximum atomic E-state index is 12.5. The average Bonchev–Trinajstić information content (AvgIpc) is 2.91. The van der Waals surface area contributed by atoms with Gasteiger partial charge in [-0.15, -0.1) is 0 Å². The lowest BCUT2D eigenvalue weighted by Crippen LogP contribution is -2.37. The number of amides is 2. The van der Waals surface area contributed by atoms with Crippen LogP contribution in [0.25, 0.3) is 0 Å². The number of carboxylic acid groups (broad SMARTS) is 1. The Morgan fingerprint density at radius 1 is 1.30 bits per heavy atom. The predicted octanol–water partition coefficient (Wildman–Crippen LogP) is 1.58. The van der Waals surface area contributed by atoms with Gasteiger partial charge in [0.05, 0.1) is 17.9 Å². The molecule has 1 heterocycles. The summed E-state index contributed by atoms with van der Waals surface area (Å²) in [6.07, 6.45) is 0.573. The number of nitrogens with zero attached hydrogens (tertiary/aromatic N) is 1. The van der Waals surface area contributed by atoms with E-state index in [0.29, 0.717) is 13.0 Å². The summed E-state index contributed by atoms with van der Waals surface area (Å²) in [6.45, 7) is 3.72. The van der Waals surface area contributed by atoms with Crippen LogP contribution in [-0.4, -0.2) is 40.9 Å². The van der Waals surface area contributed by atoms with E-state index in [1.54, 1.807) is 11.8 Å². The van der Waals surface area contributed by atoms with Gasteiger partial charge in [0.15, 0.2) is 0 Å². The molecule has 6 heteroatoms. The molecule has 2 atom stereocenters. The molecular weight excluding hydrogens is 296 g/mol. The third-order valence-corrected chi connectivity index (χ3v) is 4.30. The van der Waals surface area contributed by atoms with E-state index in [0.717, 1.165) is 5.56 Å². The first-order valence-corrected chi connectivity index (χ1v) is 7.65. The highest BCUT2D eigenvalue weighted by atomic mass is 16.4. The number of nitrogens with one attached hydrogen (secondary N) is 1. The Kier molecular flexibility index (Phi) is 5.03. The van der Waals surface area contributed by atoms with Gasteiger partial charge in [0.2, 0.25) is 11.8 Å². The Labute approximate surface area is 135 Å². The third-order valence-electron chi connectivity index (χ3n) is 4.30. The maximum absolute atomic E-state index is 12.5. The van der Waals surface area contributed by atoms with Gasteiger partial charge in [-0.1, -0.05) is 30.3 Å². The number of rotatable bonds is 5. The highest BCUT2D eigenvalue weighted by Gasteiger charge is 2.42. The molecule has 124 valence electrons. The van der Waals surface area contributed by atoms with Gasteiger partial charge >= 0.3 is 5.97 Å². The van der Waals surface area contributed by atoms with E-state index in [1.165, 1.54) is 6.92 Å². The maximum Gasteiger partial charge on any atom is 0.311 e. The Morgan fingerprint density at radius 2 is 1.96 bits per heavy atom. The van der Waals surface area contributed by atoms with E-state index in [1.807, 2.05) is 30.3 Å². The molecule has 2 amide bonds. The molecule has 1 aliphatic rings. The van der Waals surface area contributed by atoms with Gasteiger partial charge in [0.1, 0.15) is 0 Å². The second kappa shape index (κ2) is 6.81. The molecule has 1 saturated heterocycles. The summed E-state index contributed by atoms with van der Waals surface area (Å²) in [7, 11) is 0. The second-order valence-corrected chi connectivity index (χ2v) is 6.30. The molecule has 0 bridgehead atoms. The summed E-state index contributed by atoms with van der Waals surface area (Å²) in [5.74, 6) is -1.23. The first kappa shape index (κ1) is 17.0. The van der Waals surface area contributed by atoms with Crippen LogP contribution in [0.3, 0.4) is 0 Å². The SMILES string of the molecule is CC(=O)N[C@@H](CC(=O)N1CC[C@](C)(C(=O)O)C1)c1ccccc1. The van der Waals surface area contributed by atoms with Gasteiger partial charge in [-0.25, -0.2) is 0 Å². The van der Waals surface area contributed by atoms with Crippen molar-refractivity contribution in [1.29, 1.82) is 0 Å². The van der Waals surface area contributed by atoms with Crippen molar-refractivity contribution in [1.82, 2.24) is 10.2 Å². The number of likely N-dealkylation sites (tertiary alicyclic amines) is 1. The Balaban J connectivity index is 2.07. The van der Waals surface area contributed by atoms with E-state index in [-0.39, 0.29) is 24.8 Å². The number of carbonyl (C=O) groups excluding carboxylic acids is 2. The zero-order valence-electron chi connectivity index (χ0n) is 13.4. The first-order chi connectivity index (χ1) is 10.8. The number of hydrogen-bond donors (Lipinski definition) is 2. The van der Waals surface area contributed by atoms with Crippen LogP contribution >= 0.6 is 0 Å². The molecule has 0 unspecified atom stereocenters. The number of carboxylic acids is 1. The number of hydrogen-bond acceptors (Lipinski definition) is 3. The number of aliphatic carboxylic acids is 1. The smallest absolute Gasteiger partial charge is 0.311 e. The van der Waals surface area contributed by atoms with E-state index in [2.05, 4.69) is 5.32 Å². The summed E-state index contributed by atoms with van der Waals surface area (Å²) in [5.41, 5.74) is -0.0254. The molecular formula is C17H22N2O4. The zero-order valence-corrected chi connectivity index (χ0v) is 13.4. The van der Waals surface area contributed by atoms with Gasteiger partial charge in [-0.2, -0.15) is 0 Å². The molecule has 0 aromatic heterocycles. The molecule has 0 radical (unpaired) electrons. The summed E-state index contributed by atoms with van der Waals surface area (Å²) in [5, 5.41) is 12.0. The quantitative estimate of drug-likeness (QED) is 0.863. The molecule has 0 aliphatic carbocycles. The average molecular weight is 318 g/mol. The molecule has 1 fully saturated rings. The third kappa shape index (κ3) is 4.09. The summed E-state index contributed by atoms with van der Waals surface area (Å²) >= 11 is 0. The highest BCUT2D eigenvalue weighted by Crippen LogP contribution is 2.31. The molecule has 2 N–H and O–H groups in total. The first-order valence-electron chi connectivity index (χ1n) is 7.65. The molecule has 0 spiro atoms. The van der Waals surface area contributed by atoms with Gasteiger partial charge in [-0.3, -0.25) is 14.4 Å². The van der Waals surface area contributed by atoms with Crippen molar-refractivity contribution >= 4 is 17.8 Å². The highest BCUT2D eigenvalue weighted by molar-refractivity contribution is 5.82. The van der Waals surface area contributed by atoms with Gasteiger partial charge in [-0.05, 0) is 18.9 Å². The molecule has 23 heavy (non-hydrogen) atoms. The summed E-state index contributed by atoms with van der Waals surface area (Å²) in [4.78, 5) is 36.8. The van der Waals surface area contributed by atoms with Gasteiger partial charge < -0.3 is 15.3 Å². The van der Waals surface area contributed by atoms with E-state index < -0.39 is 17.4 Å². The van der Waals surface area contributed by atoms with Crippen molar-refractivity contribution in [3.8, 4) is 0 Å². The van der Waals surface area contributed by atoms with Crippen LogP contribution in [0.1, 0.15) is 38.3 Å². The molecule has 2 rings (SSSR count). The van der Waals surface area contributed by atoms with E-state index in [9.17, 15) is 19.5 Å². The normalized spacial score (nSPS) is 21.7. The number of carbonyl (C=O) groups is 3. The molecule has 0 saturated carbocycles. The van der Waals surface area contributed by atoms with Crippen molar-refractivity contribution in [2.24, 2.45) is 5.41 Å². The van der Waals surface area contributed by atoms with Crippen LogP contribution in [0.5, 0.6) is 0 Å². The second-order valence-electron chi connectivity index (χ2n) is 6.30. The van der Waals surface area contributed by atoms with Crippen LogP contribution < -0.4 is 5.32 Å². The van der Waals surface area contributed by atoms with Crippen molar-refractivity contribution in [3.05, 3.63) is 35.9 Å². The standard InChI is InChI=1S/C17H22N2O4/c1-12(20)18-14(13-6-4-3-5-7-13)10-15(21)19-9-8-17(2,11-19)16(22)23/h3-7,14H,8-11H2,1-2H3,(H,18,20)(H,22,23)/t14-,17-/m0/s1. The topological polar surface area (TPSA) is 86.7 Å². The minimum absolute atomic E-state index is 0.124. The fraction of sp³-hybridized carbons (Fsp3) is 0.471. The van der Waals surface area contributed by atoms with Crippen LogP contribution in [0, 0.1) is 5.41 Å². The Bertz CT molecular complexity index is 602. The minimum Gasteiger partial charge on any atom is -0.481 e. The van der Waals surface area contributed by atoms with E-state index in [4.69, 9.17) is 0 Å². The predicted molar refractivity (Wildman–Crippen MR) is 84.6 cm³/mol. The summed E-state index contributed by atoms with van der Waals surface area (Å²) < 4.78 is 0. The lowest BCUT2D eigenvalue weighted by molar-refractivity contribution is -0.147. The Morgan fingerprint density at radius 3 is 2.48 bits per heavy atom. The lowest BCUT2D eigenvalue weighted by atomic mass is 9.90. The fourth-order valence-electron chi connectivity index (χ4n) is 2.84. The molecule has 1 aromatic rings. The van der Waals surface area contributed by atoms with Crippen LogP contribution in [0.2, 0.25) is 0 Å². The van der Waals surface area contributed by atoms with Crippen LogP contribution in [0.15, 0.2) is 30.3 Å². The molecule has 1 aliphatic heterocycles. The van der Waals surface area contributed by atoms with Crippen molar-refractivity contribution in [3.63, 3.8) is 0 Å². The van der Waals surface area contributed by atoms with Crippen LogP contribution in [0.4, 0.5) is 0 Å². The van der Waals surface area contributed by atoms with Crippen molar-refractivity contribution < 1.29 is 19.5 Å². The van der Waals surface area contributed by atoms with Crippen molar-refractivity contribution in [2.45, 2.75) is 32.7 Å². The van der Waals surface area contributed by atoms with E-state index >= 15 is 0 Å². The van der Waals surface area contributed by atoms with Crippen LogP contribution in [-0.2, 0) is 14.4 Å². The monoisotopic (exact) mass is 318 g/mol.